The second-order valence-electron chi connectivity index (χ2n) is 6.71. The monoisotopic (exact) mass is 252 g/mol. The van der Waals surface area contributed by atoms with E-state index in [1.807, 2.05) is 0 Å². The van der Waals surface area contributed by atoms with Crippen LogP contribution in [0.5, 0.6) is 0 Å². The number of rotatable bonds is 6. The van der Waals surface area contributed by atoms with Crippen LogP contribution in [0.15, 0.2) is 0 Å². The van der Waals surface area contributed by atoms with Gasteiger partial charge in [-0.25, -0.2) is 0 Å². The minimum atomic E-state index is 0.720. The Hall–Kier alpha value is -0.0800. The molecule has 2 rings (SSSR count). The minimum absolute atomic E-state index is 0.720. The molecule has 2 heteroatoms. The zero-order valence-electron chi connectivity index (χ0n) is 12.6. The Balaban J connectivity index is 1.74. The van der Waals surface area contributed by atoms with E-state index in [1.165, 1.54) is 58.0 Å². The molecule has 2 unspecified atom stereocenters. The average molecular weight is 252 g/mol. The summed E-state index contributed by atoms with van der Waals surface area (Å²) in [7, 11) is 0. The summed E-state index contributed by atoms with van der Waals surface area (Å²) in [4.78, 5) is 2.64. The predicted octanol–water partition coefficient (Wildman–Crippen LogP) is 3.42. The molecule has 0 aromatic rings. The summed E-state index contributed by atoms with van der Waals surface area (Å²) in [6, 6.07) is 2.28. The van der Waals surface area contributed by atoms with Crippen molar-refractivity contribution in [2.75, 3.05) is 13.1 Å². The summed E-state index contributed by atoms with van der Waals surface area (Å²) in [6.45, 7) is 9.59. The molecule has 1 N–H and O–H groups in total. The lowest BCUT2D eigenvalue weighted by Gasteiger charge is -2.26. The average Bonchev–Trinajstić information content (AvgIpc) is 3.15. The maximum Gasteiger partial charge on any atom is 0.00823 e. The molecule has 2 atom stereocenters. The fourth-order valence-corrected chi connectivity index (χ4v) is 3.24. The topological polar surface area (TPSA) is 15.3 Å². The van der Waals surface area contributed by atoms with Crippen LogP contribution >= 0.6 is 0 Å². The van der Waals surface area contributed by atoms with E-state index in [-0.39, 0.29) is 0 Å². The van der Waals surface area contributed by atoms with E-state index in [0.29, 0.717) is 0 Å². The standard InChI is InChI=1S/C16H32N2/c1-4-15(12-14-7-8-14)17-16-6-5-10-18(11-9-16)13(2)3/h13-17H,4-12H2,1-3H3. The summed E-state index contributed by atoms with van der Waals surface area (Å²) in [5, 5.41) is 3.95. The molecule has 0 aromatic carbocycles. The van der Waals surface area contributed by atoms with Gasteiger partial charge in [-0.15, -0.1) is 0 Å². The van der Waals surface area contributed by atoms with Crippen LogP contribution in [-0.4, -0.2) is 36.1 Å². The minimum Gasteiger partial charge on any atom is -0.311 e. The molecule has 1 saturated heterocycles. The van der Waals surface area contributed by atoms with Crippen LogP contribution < -0.4 is 5.32 Å². The first-order valence-corrected chi connectivity index (χ1v) is 8.19. The summed E-state index contributed by atoms with van der Waals surface area (Å²) in [6.07, 6.45) is 9.81. The molecule has 0 radical (unpaired) electrons. The predicted molar refractivity (Wildman–Crippen MR) is 78.9 cm³/mol. The molecule has 2 nitrogen and oxygen atoms in total. The Kier molecular flexibility index (Phi) is 5.50. The van der Waals surface area contributed by atoms with Gasteiger partial charge in [0, 0.05) is 18.1 Å². The lowest BCUT2D eigenvalue weighted by atomic mass is 10.0. The van der Waals surface area contributed by atoms with Crippen molar-refractivity contribution in [3.8, 4) is 0 Å². The molecule has 2 fully saturated rings. The Morgan fingerprint density at radius 1 is 1.11 bits per heavy atom. The number of hydrogen-bond donors (Lipinski definition) is 1. The van der Waals surface area contributed by atoms with Crippen molar-refractivity contribution in [1.29, 1.82) is 0 Å². The van der Waals surface area contributed by atoms with Crippen LogP contribution in [0.3, 0.4) is 0 Å². The quantitative estimate of drug-likeness (QED) is 0.779. The molecule has 106 valence electrons. The third-order valence-corrected chi connectivity index (χ3v) is 4.77. The van der Waals surface area contributed by atoms with Gasteiger partial charge in [0.15, 0.2) is 0 Å². The van der Waals surface area contributed by atoms with Gasteiger partial charge in [0.1, 0.15) is 0 Å². The molecular formula is C16H32N2. The Bertz CT molecular complexity index is 235. The Morgan fingerprint density at radius 2 is 1.89 bits per heavy atom. The highest BCUT2D eigenvalue weighted by Gasteiger charge is 2.26. The van der Waals surface area contributed by atoms with E-state index in [9.17, 15) is 0 Å². The summed E-state index contributed by atoms with van der Waals surface area (Å²) >= 11 is 0. The van der Waals surface area contributed by atoms with Crippen LogP contribution in [0.2, 0.25) is 0 Å². The van der Waals surface area contributed by atoms with E-state index in [1.54, 1.807) is 0 Å². The summed E-state index contributed by atoms with van der Waals surface area (Å²) in [5.41, 5.74) is 0. The summed E-state index contributed by atoms with van der Waals surface area (Å²) < 4.78 is 0. The fourth-order valence-electron chi connectivity index (χ4n) is 3.24. The number of hydrogen-bond acceptors (Lipinski definition) is 2. The second kappa shape index (κ2) is 6.91. The van der Waals surface area contributed by atoms with Crippen molar-refractivity contribution in [3.63, 3.8) is 0 Å². The van der Waals surface area contributed by atoms with Gasteiger partial charge >= 0.3 is 0 Å². The highest BCUT2D eigenvalue weighted by atomic mass is 15.1. The molecule has 1 heterocycles. The van der Waals surface area contributed by atoms with Crippen molar-refractivity contribution < 1.29 is 0 Å². The molecule has 0 spiro atoms. The third kappa shape index (κ3) is 4.55. The number of likely N-dealkylation sites (tertiary alicyclic amines) is 1. The number of nitrogens with zero attached hydrogens (tertiary/aromatic N) is 1. The fraction of sp³-hybridized carbons (Fsp3) is 1.00. The van der Waals surface area contributed by atoms with Crippen molar-refractivity contribution in [3.05, 3.63) is 0 Å². The molecule has 18 heavy (non-hydrogen) atoms. The maximum absolute atomic E-state index is 3.95. The highest BCUT2D eigenvalue weighted by molar-refractivity contribution is 4.83. The van der Waals surface area contributed by atoms with Crippen LogP contribution in [0.4, 0.5) is 0 Å². The molecule has 0 bridgehead atoms. The number of nitrogens with one attached hydrogen (secondary N) is 1. The van der Waals surface area contributed by atoms with Crippen molar-refractivity contribution in [2.45, 2.75) is 83.8 Å². The largest absolute Gasteiger partial charge is 0.311 e. The van der Waals surface area contributed by atoms with Gasteiger partial charge in [-0.2, -0.15) is 0 Å². The zero-order chi connectivity index (χ0) is 13.0. The smallest absolute Gasteiger partial charge is 0.00823 e. The van der Waals surface area contributed by atoms with Gasteiger partial charge in [0.25, 0.3) is 0 Å². The second-order valence-corrected chi connectivity index (χ2v) is 6.71. The van der Waals surface area contributed by atoms with Crippen molar-refractivity contribution in [1.82, 2.24) is 10.2 Å². The molecule has 1 aliphatic carbocycles. The van der Waals surface area contributed by atoms with E-state index >= 15 is 0 Å². The summed E-state index contributed by atoms with van der Waals surface area (Å²) in [5.74, 6) is 1.06. The van der Waals surface area contributed by atoms with Gasteiger partial charge < -0.3 is 10.2 Å². The lowest BCUT2D eigenvalue weighted by molar-refractivity contribution is 0.228. The third-order valence-electron chi connectivity index (χ3n) is 4.77. The Morgan fingerprint density at radius 3 is 2.50 bits per heavy atom. The zero-order valence-corrected chi connectivity index (χ0v) is 12.6. The van der Waals surface area contributed by atoms with Gasteiger partial charge in [0.05, 0.1) is 0 Å². The van der Waals surface area contributed by atoms with Crippen LogP contribution in [0.1, 0.15) is 65.7 Å². The van der Waals surface area contributed by atoms with Crippen LogP contribution in [0.25, 0.3) is 0 Å². The first kappa shape index (κ1) is 14.3. The van der Waals surface area contributed by atoms with E-state index < -0.39 is 0 Å². The first-order chi connectivity index (χ1) is 8.69. The maximum atomic E-state index is 3.95. The molecule has 1 aliphatic heterocycles. The van der Waals surface area contributed by atoms with Crippen molar-refractivity contribution >= 4 is 0 Å². The molecule has 2 aliphatic rings. The molecule has 1 saturated carbocycles. The molecule has 0 aromatic heterocycles. The van der Waals surface area contributed by atoms with Crippen molar-refractivity contribution in [2.24, 2.45) is 5.92 Å². The van der Waals surface area contributed by atoms with Gasteiger partial charge in [-0.1, -0.05) is 19.8 Å². The van der Waals surface area contributed by atoms with Crippen LogP contribution in [0, 0.1) is 5.92 Å². The normalized spacial score (nSPS) is 28.3. The first-order valence-electron chi connectivity index (χ1n) is 8.19. The van der Waals surface area contributed by atoms with Gasteiger partial charge in [-0.3, -0.25) is 0 Å². The van der Waals surface area contributed by atoms with Gasteiger partial charge in [-0.05, 0) is 65.0 Å². The Labute approximate surface area is 114 Å². The van der Waals surface area contributed by atoms with E-state index in [4.69, 9.17) is 0 Å². The van der Waals surface area contributed by atoms with E-state index in [0.717, 1.165) is 24.0 Å². The lowest BCUT2D eigenvalue weighted by Crippen LogP contribution is -2.39. The molecular weight excluding hydrogens is 220 g/mol. The highest BCUT2D eigenvalue weighted by Crippen LogP contribution is 2.34. The molecule has 0 amide bonds. The van der Waals surface area contributed by atoms with Crippen LogP contribution in [-0.2, 0) is 0 Å². The van der Waals surface area contributed by atoms with E-state index in [2.05, 4.69) is 31.0 Å². The van der Waals surface area contributed by atoms with Gasteiger partial charge in [0.2, 0.25) is 0 Å². The SMILES string of the molecule is CCC(CC1CC1)NC1CCCN(C(C)C)CC1.